The van der Waals surface area contributed by atoms with Crippen molar-refractivity contribution in [1.82, 2.24) is 14.8 Å². The lowest BCUT2D eigenvalue weighted by Gasteiger charge is -2.32. The van der Waals surface area contributed by atoms with Crippen LogP contribution in [0.4, 0.5) is 0 Å². The average molecular weight is 320 g/mol. The van der Waals surface area contributed by atoms with Crippen LogP contribution in [0.25, 0.3) is 0 Å². The number of unbranched alkanes of at least 4 members (excludes halogenated alkanes) is 1. The lowest BCUT2D eigenvalue weighted by Crippen LogP contribution is -2.41. The molecule has 2 fully saturated rings. The molecular formula is C18H32N4O. The Morgan fingerprint density at radius 2 is 1.96 bits per heavy atom. The fourth-order valence-corrected chi connectivity index (χ4v) is 4.21. The topological polar surface area (TPSA) is 66.0 Å². The summed E-state index contributed by atoms with van der Waals surface area (Å²) in [4.78, 5) is 5.01. The summed E-state index contributed by atoms with van der Waals surface area (Å²) in [5, 5.41) is 4.90. The van der Waals surface area contributed by atoms with Gasteiger partial charge in [0.2, 0.25) is 0 Å². The van der Waals surface area contributed by atoms with Gasteiger partial charge in [0, 0.05) is 31.5 Å². The number of nitrogens with two attached hydrogens (primary N) is 1. The molecule has 0 radical (unpaired) electrons. The monoisotopic (exact) mass is 320 g/mol. The maximum absolute atomic E-state index is 6.31. The largest absolute Gasteiger partial charge is 0.380 e. The molecule has 2 N–H and O–H groups in total. The van der Waals surface area contributed by atoms with Gasteiger partial charge in [0.1, 0.15) is 5.82 Å². The first-order chi connectivity index (χ1) is 11.2. The summed E-state index contributed by atoms with van der Waals surface area (Å²) in [6.07, 6.45) is 10.8. The van der Waals surface area contributed by atoms with Gasteiger partial charge in [-0.1, -0.05) is 26.2 Å². The fraction of sp³-hybridized carbons (Fsp3) is 0.889. The van der Waals surface area contributed by atoms with Crippen LogP contribution < -0.4 is 5.73 Å². The Morgan fingerprint density at radius 3 is 2.61 bits per heavy atom. The second-order valence-electron chi connectivity index (χ2n) is 7.33. The van der Waals surface area contributed by atoms with Crippen LogP contribution in [-0.4, -0.2) is 34.0 Å². The zero-order valence-electron chi connectivity index (χ0n) is 14.7. The third-order valence-electron chi connectivity index (χ3n) is 5.66. The SMILES string of the molecule is CCCCn1nc(C2CCCC2)nc1[C@H]1CC[C@@H](OC)[C@H](N)C1. The van der Waals surface area contributed by atoms with Crippen LogP contribution in [0.2, 0.25) is 0 Å². The molecule has 2 aliphatic rings. The van der Waals surface area contributed by atoms with Gasteiger partial charge >= 0.3 is 0 Å². The standard InChI is InChI=1S/C18H32N4O/c1-3-4-11-22-18(14-9-10-16(23-2)15(19)12-14)20-17(21-22)13-7-5-6-8-13/h13-16H,3-12,19H2,1-2H3/t14-,15+,16+/m0/s1. The Bertz CT molecular complexity index is 495. The highest BCUT2D eigenvalue weighted by Crippen LogP contribution is 2.36. The number of nitrogens with zero attached hydrogens (tertiary/aromatic N) is 3. The molecule has 2 saturated carbocycles. The smallest absolute Gasteiger partial charge is 0.154 e. The van der Waals surface area contributed by atoms with Crippen LogP contribution in [0.5, 0.6) is 0 Å². The minimum atomic E-state index is 0.116. The van der Waals surface area contributed by atoms with E-state index in [2.05, 4.69) is 11.6 Å². The van der Waals surface area contributed by atoms with E-state index in [1.54, 1.807) is 7.11 Å². The second kappa shape index (κ2) is 7.75. The molecule has 2 aliphatic carbocycles. The van der Waals surface area contributed by atoms with E-state index in [0.717, 1.165) is 31.6 Å². The Balaban J connectivity index is 1.78. The Morgan fingerprint density at radius 1 is 1.17 bits per heavy atom. The van der Waals surface area contributed by atoms with Crippen LogP contribution in [0, 0.1) is 0 Å². The molecule has 3 atom stereocenters. The number of ether oxygens (including phenoxy) is 1. The Labute approximate surface area is 140 Å². The summed E-state index contributed by atoms with van der Waals surface area (Å²) in [5.74, 6) is 3.30. The summed E-state index contributed by atoms with van der Waals surface area (Å²) >= 11 is 0. The van der Waals surface area contributed by atoms with E-state index in [0.29, 0.717) is 11.8 Å². The third-order valence-corrected chi connectivity index (χ3v) is 5.66. The Kier molecular flexibility index (Phi) is 5.70. The molecule has 0 bridgehead atoms. The molecule has 5 heteroatoms. The highest BCUT2D eigenvalue weighted by molar-refractivity contribution is 5.08. The van der Waals surface area contributed by atoms with Crippen LogP contribution in [0.1, 0.15) is 88.2 Å². The van der Waals surface area contributed by atoms with E-state index in [4.69, 9.17) is 20.6 Å². The van der Waals surface area contributed by atoms with Crippen molar-refractivity contribution >= 4 is 0 Å². The van der Waals surface area contributed by atoms with E-state index in [1.165, 1.54) is 44.3 Å². The van der Waals surface area contributed by atoms with Crippen molar-refractivity contribution in [1.29, 1.82) is 0 Å². The van der Waals surface area contributed by atoms with Crippen molar-refractivity contribution in [3.8, 4) is 0 Å². The maximum Gasteiger partial charge on any atom is 0.154 e. The van der Waals surface area contributed by atoms with Gasteiger partial charge in [0.05, 0.1) is 6.10 Å². The van der Waals surface area contributed by atoms with Crippen molar-refractivity contribution in [3.63, 3.8) is 0 Å². The molecule has 0 saturated heterocycles. The lowest BCUT2D eigenvalue weighted by atomic mass is 9.83. The van der Waals surface area contributed by atoms with Crippen molar-refractivity contribution < 1.29 is 4.74 Å². The van der Waals surface area contributed by atoms with E-state index in [9.17, 15) is 0 Å². The van der Waals surface area contributed by atoms with E-state index >= 15 is 0 Å². The predicted molar refractivity (Wildman–Crippen MR) is 91.5 cm³/mol. The first kappa shape index (κ1) is 16.9. The van der Waals surface area contributed by atoms with Crippen molar-refractivity contribution in [2.45, 2.75) is 95.2 Å². The number of methoxy groups -OCH3 is 1. The molecule has 23 heavy (non-hydrogen) atoms. The van der Waals surface area contributed by atoms with Gasteiger partial charge in [0.25, 0.3) is 0 Å². The number of hydrogen-bond acceptors (Lipinski definition) is 4. The number of hydrogen-bond donors (Lipinski definition) is 1. The zero-order chi connectivity index (χ0) is 16.2. The molecule has 0 aromatic carbocycles. The fourth-order valence-electron chi connectivity index (χ4n) is 4.21. The molecule has 1 aromatic heterocycles. The van der Waals surface area contributed by atoms with Crippen LogP contribution >= 0.6 is 0 Å². The second-order valence-corrected chi connectivity index (χ2v) is 7.33. The summed E-state index contributed by atoms with van der Waals surface area (Å²) in [6, 6.07) is 0.116. The molecule has 1 heterocycles. The first-order valence-corrected chi connectivity index (χ1v) is 9.46. The molecule has 130 valence electrons. The Hall–Kier alpha value is -0.940. The number of aromatic nitrogens is 3. The minimum Gasteiger partial charge on any atom is -0.380 e. The molecule has 1 aromatic rings. The first-order valence-electron chi connectivity index (χ1n) is 9.46. The summed E-state index contributed by atoms with van der Waals surface area (Å²) < 4.78 is 7.70. The van der Waals surface area contributed by atoms with Gasteiger partial charge in [-0.15, -0.1) is 0 Å². The van der Waals surface area contributed by atoms with E-state index in [1.807, 2.05) is 0 Å². The van der Waals surface area contributed by atoms with E-state index in [-0.39, 0.29) is 12.1 Å². The molecular weight excluding hydrogens is 288 g/mol. The van der Waals surface area contributed by atoms with Crippen molar-refractivity contribution in [2.75, 3.05) is 7.11 Å². The van der Waals surface area contributed by atoms with E-state index < -0.39 is 0 Å². The van der Waals surface area contributed by atoms with Crippen LogP contribution in [0.15, 0.2) is 0 Å². The maximum atomic E-state index is 6.31. The summed E-state index contributed by atoms with van der Waals surface area (Å²) in [5.41, 5.74) is 6.31. The highest BCUT2D eigenvalue weighted by atomic mass is 16.5. The van der Waals surface area contributed by atoms with Gasteiger partial charge < -0.3 is 10.5 Å². The van der Waals surface area contributed by atoms with Gasteiger partial charge in [-0.3, -0.25) is 0 Å². The van der Waals surface area contributed by atoms with Gasteiger partial charge in [-0.25, -0.2) is 9.67 Å². The van der Waals surface area contributed by atoms with Crippen LogP contribution in [0.3, 0.4) is 0 Å². The van der Waals surface area contributed by atoms with Crippen molar-refractivity contribution in [2.24, 2.45) is 5.73 Å². The highest BCUT2D eigenvalue weighted by Gasteiger charge is 2.33. The molecule has 3 rings (SSSR count). The van der Waals surface area contributed by atoms with Crippen molar-refractivity contribution in [3.05, 3.63) is 11.6 Å². The third kappa shape index (κ3) is 3.77. The molecule has 0 spiro atoms. The van der Waals surface area contributed by atoms with Gasteiger partial charge in [-0.05, 0) is 38.5 Å². The number of aryl methyl sites for hydroxylation is 1. The van der Waals surface area contributed by atoms with Gasteiger partial charge in [0.15, 0.2) is 5.82 Å². The number of rotatable bonds is 6. The van der Waals surface area contributed by atoms with Gasteiger partial charge in [-0.2, -0.15) is 5.10 Å². The zero-order valence-corrected chi connectivity index (χ0v) is 14.7. The summed E-state index contributed by atoms with van der Waals surface area (Å²) in [7, 11) is 1.77. The average Bonchev–Trinajstić information content (AvgIpc) is 3.22. The molecule has 5 nitrogen and oxygen atoms in total. The van der Waals surface area contributed by atoms with Crippen LogP contribution in [-0.2, 0) is 11.3 Å². The minimum absolute atomic E-state index is 0.116. The summed E-state index contributed by atoms with van der Waals surface area (Å²) in [6.45, 7) is 3.22. The predicted octanol–water partition coefficient (Wildman–Crippen LogP) is 3.35. The molecule has 0 amide bonds. The molecule has 0 unspecified atom stereocenters. The quantitative estimate of drug-likeness (QED) is 0.873. The molecule has 0 aliphatic heterocycles. The normalized spacial score (nSPS) is 29.3. The lowest BCUT2D eigenvalue weighted by molar-refractivity contribution is 0.0479.